The number of aromatic nitrogens is 6. The monoisotopic (exact) mass is 686 g/mol. The minimum absolute atomic E-state index is 0.0213. The van der Waals surface area contributed by atoms with Crippen molar-refractivity contribution in [3.8, 4) is 0 Å². The Morgan fingerprint density at radius 3 is 2.76 bits per heavy atom. The Morgan fingerprint density at radius 1 is 1.13 bits per heavy atom. The number of carbonyl (C=O) groups excluding carboxylic acids is 1. The summed E-state index contributed by atoms with van der Waals surface area (Å²) in [6.45, 7) is -5.26. The summed E-state index contributed by atoms with van der Waals surface area (Å²) in [7, 11) is -4.98. The zero-order valence-corrected chi connectivity index (χ0v) is 25.4. The third-order valence-electron chi connectivity index (χ3n) is 8.99. The highest BCUT2D eigenvalue weighted by Gasteiger charge is 2.74. The maximum Gasteiger partial charge on any atom is 0.472 e. The first-order valence-corrected chi connectivity index (χ1v) is 17.8. The van der Waals surface area contributed by atoms with Gasteiger partial charge in [0.2, 0.25) is 0 Å². The Morgan fingerprint density at radius 2 is 1.93 bits per heavy atom. The molecule has 3 aromatic heterocycles. The molecule has 240 valence electrons. The normalized spacial score (nSPS) is 42.8. The number of nitrogen functional groups attached to an aromatic ring is 1. The van der Waals surface area contributed by atoms with Crippen LogP contribution in [-0.2, 0) is 39.2 Å². The molecule has 5 N–H and O–H groups in total. The van der Waals surface area contributed by atoms with Crippen LogP contribution >= 0.6 is 14.5 Å². The molecule has 2 aliphatic carbocycles. The van der Waals surface area contributed by atoms with Gasteiger partial charge in [-0.2, -0.15) is 0 Å². The summed E-state index contributed by atoms with van der Waals surface area (Å²) in [6.07, 6.45) is -3.73. The highest BCUT2D eigenvalue weighted by molar-refractivity contribution is 8.07. The number of aliphatic hydroxyl groups excluding tert-OH is 1. The van der Waals surface area contributed by atoms with Gasteiger partial charge < -0.3 is 39.0 Å². The lowest BCUT2D eigenvalue weighted by Crippen LogP contribution is -2.39. The number of anilines is 1. The van der Waals surface area contributed by atoms with Crippen molar-refractivity contribution in [2.45, 2.75) is 55.7 Å². The van der Waals surface area contributed by atoms with Crippen LogP contribution < -0.4 is 5.73 Å². The van der Waals surface area contributed by atoms with Crippen LogP contribution in [0.4, 0.5) is 16.0 Å². The Bertz CT molecular complexity index is 1860. The molecule has 2 saturated carbocycles. The van der Waals surface area contributed by atoms with Crippen molar-refractivity contribution in [3.05, 3.63) is 24.7 Å². The van der Waals surface area contributed by atoms with Gasteiger partial charge in [0.25, 0.3) is 0 Å². The number of ketones is 1. The fraction of sp³-hybridized carbons (Fsp3) is 0.565. The number of nitrogens with zero attached hydrogens (tertiary/aromatic N) is 7. The van der Waals surface area contributed by atoms with Crippen LogP contribution in [0.1, 0.15) is 35.6 Å². The standard InChI is InChI=1S/C23H25FN8O10P2S/c24-12-17-11(40-22(12)32-8-29-13-10(33)1-2-26-20(13)32)4-38-44(37,45)42-18-16(34)15(9-3-23(9,18)5-39-43(35,36)41-17)31-7-30-14-19(25)27-6-28-21(14)31/h2,6-9,11-12,15-18,22,34H,1,3-5H2,(H,35,36)(H,37,45)(H2,25,27,28)/t9-,11-,12-,15-,16+,17-,18+,22-,23+,44?/m1/s1. The van der Waals surface area contributed by atoms with E-state index in [2.05, 4.69) is 24.9 Å². The zero-order valence-electron chi connectivity index (χ0n) is 22.8. The van der Waals surface area contributed by atoms with Gasteiger partial charge in [0.15, 0.2) is 41.2 Å². The van der Waals surface area contributed by atoms with Crippen LogP contribution in [0.15, 0.2) is 24.0 Å². The van der Waals surface area contributed by atoms with Crippen LogP contribution in [-0.4, -0.2) is 99.8 Å². The fourth-order valence-corrected chi connectivity index (χ4v) is 9.34. The summed E-state index contributed by atoms with van der Waals surface area (Å²) in [5, 5.41) is 11.5. The quantitative estimate of drug-likeness (QED) is 0.274. The minimum atomic E-state index is -4.98. The molecule has 5 aliphatic rings. The van der Waals surface area contributed by atoms with Gasteiger partial charge in [-0.1, -0.05) is 0 Å². The van der Waals surface area contributed by atoms with Gasteiger partial charge >= 0.3 is 14.5 Å². The number of carbonyl (C=O) groups is 1. The van der Waals surface area contributed by atoms with Gasteiger partial charge in [-0.15, -0.1) is 0 Å². The van der Waals surface area contributed by atoms with Crippen LogP contribution in [0.3, 0.4) is 0 Å². The molecular weight excluding hydrogens is 661 g/mol. The third kappa shape index (κ3) is 4.66. The molecule has 0 amide bonds. The number of nitrogens with two attached hydrogens (primary N) is 1. The molecule has 45 heavy (non-hydrogen) atoms. The SMILES string of the molecule is Nc1ncnc2c1ncn2[C@H]1[C@H](O)[C@@H]2OP(O)(=S)OC[C@H]3O[C@@H](n4cnc5c4N=CCC5=O)[C@H](F)[C@@H]3OP(=O)(O)OC[C@]23C[C@H]13. The number of Topliss-reactive ketones (excluding diaryl/α,β-unsaturated/α-hetero) is 1. The molecule has 11 atom stereocenters. The number of hydrogen-bond donors (Lipinski definition) is 4. The molecule has 0 radical (unpaired) electrons. The number of hydrogen-bond acceptors (Lipinski definition) is 15. The highest BCUT2D eigenvalue weighted by Crippen LogP contribution is 2.72. The van der Waals surface area contributed by atoms with E-state index in [4.69, 9.17) is 40.4 Å². The lowest BCUT2D eigenvalue weighted by atomic mass is 10.0. The first-order chi connectivity index (χ1) is 21.4. The maximum absolute atomic E-state index is 16.0. The van der Waals surface area contributed by atoms with Crippen molar-refractivity contribution in [2.24, 2.45) is 16.3 Å². The number of aliphatic hydroxyl groups is 1. The summed E-state index contributed by atoms with van der Waals surface area (Å²) in [6, 6.07) is -0.730. The molecule has 0 bridgehead atoms. The van der Waals surface area contributed by atoms with E-state index in [0.29, 0.717) is 17.6 Å². The molecule has 2 saturated heterocycles. The average molecular weight is 687 g/mol. The van der Waals surface area contributed by atoms with Crippen LogP contribution in [0.2, 0.25) is 0 Å². The van der Waals surface area contributed by atoms with Crippen molar-refractivity contribution in [3.63, 3.8) is 0 Å². The Hall–Kier alpha value is -2.61. The summed E-state index contributed by atoms with van der Waals surface area (Å²) in [5.41, 5.74) is 5.49. The molecular formula is C23H25FN8O10P2S. The second-order valence-corrected chi connectivity index (χ2v) is 15.7. The first-order valence-electron chi connectivity index (χ1n) is 13.7. The number of phosphoric ester groups is 1. The number of aliphatic imine (C=N–C) groups is 1. The third-order valence-corrected chi connectivity index (χ3v) is 11.5. The van der Waals surface area contributed by atoms with E-state index in [9.17, 15) is 24.3 Å². The lowest BCUT2D eigenvalue weighted by Gasteiger charge is -2.32. The smallest absolute Gasteiger partial charge is 0.388 e. The van der Waals surface area contributed by atoms with Crippen molar-refractivity contribution in [2.75, 3.05) is 18.9 Å². The van der Waals surface area contributed by atoms with Crippen LogP contribution in [0.5, 0.6) is 0 Å². The van der Waals surface area contributed by atoms with E-state index < -0.39 is 81.9 Å². The molecule has 22 heteroatoms. The van der Waals surface area contributed by atoms with Crippen molar-refractivity contribution < 1.29 is 51.5 Å². The Labute approximate surface area is 257 Å². The van der Waals surface area contributed by atoms with Crippen molar-refractivity contribution in [1.82, 2.24) is 29.1 Å². The first kappa shape index (κ1) is 29.8. The molecule has 6 heterocycles. The topological polar surface area (TPSA) is 241 Å². The zero-order chi connectivity index (χ0) is 31.5. The molecule has 1 spiro atoms. The number of phosphoric acid groups is 1. The van der Waals surface area contributed by atoms with Crippen molar-refractivity contribution in [1.29, 1.82) is 0 Å². The van der Waals surface area contributed by atoms with E-state index in [1.54, 1.807) is 4.57 Å². The number of alkyl halides is 1. The number of halogens is 1. The van der Waals surface area contributed by atoms with E-state index >= 15 is 4.39 Å². The predicted octanol–water partition coefficient (Wildman–Crippen LogP) is 0.886. The molecule has 3 aliphatic heterocycles. The average Bonchev–Trinajstić information content (AvgIpc) is 3.27. The van der Waals surface area contributed by atoms with Gasteiger partial charge in [0, 0.05) is 18.1 Å². The van der Waals surface area contributed by atoms with Gasteiger partial charge in [-0.3, -0.25) is 18.4 Å². The lowest BCUT2D eigenvalue weighted by molar-refractivity contribution is -0.0601. The van der Waals surface area contributed by atoms with Gasteiger partial charge in [-0.25, -0.2) is 33.9 Å². The van der Waals surface area contributed by atoms with E-state index in [1.807, 2.05) is 0 Å². The van der Waals surface area contributed by atoms with Gasteiger partial charge in [0.05, 0.1) is 31.9 Å². The van der Waals surface area contributed by atoms with Crippen LogP contribution in [0.25, 0.3) is 11.2 Å². The molecule has 8 rings (SSSR count). The molecule has 4 fully saturated rings. The number of fused-ring (bicyclic) bond motifs is 3. The Balaban J connectivity index is 1.10. The van der Waals surface area contributed by atoms with Crippen LogP contribution in [0, 0.1) is 11.3 Å². The number of ether oxygens (including phenoxy) is 1. The summed E-state index contributed by atoms with van der Waals surface area (Å²) >= 11 is 5.29. The second kappa shape index (κ2) is 10.2. The van der Waals surface area contributed by atoms with E-state index in [0.717, 1.165) is 0 Å². The molecule has 3 aromatic rings. The summed E-state index contributed by atoms with van der Waals surface area (Å²) in [4.78, 5) is 54.7. The molecule has 0 aromatic carbocycles. The summed E-state index contributed by atoms with van der Waals surface area (Å²) < 4.78 is 60.0. The summed E-state index contributed by atoms with van der Waals surface area (Å²) in [5.74, 6) is -0.557. The second-order valence-electron chi connectivity index (χ2n) is 11.5. The number of rotatable bonds is 2. The molecule has 18 nitrogen and oxygen atoms in total. The van der Waals surface area contributed by atoms with Gasteiger partial charge in [-0.05, 0) is 24.1 Å². The maximum atomic E-state index is 16.0. The Kier molecular flexibility index (Phi) is 6.74. The fourth-order valence-electron chi connectivity index (χ4n) is 6.84. The van der Waals surface area contributed by atoms with E-state index in [-0.39, 0.29) is 29.5 Å². The largest absolute Gasteiger partial charge is 0.472 e. The van der Waals surface area contributed by atoms with Gasteiger partial charge in [0.1, 0.15) is 36.3 Å². The predicted molar refractivity (Wildman–Crippen MR) is 151 cm³/mol. The van der Waals surface area contributed by atoms with E-state index in [1.165, 1.54) is 29.8 Å². The highest BCUT2D eigenvalue weighted by atomic mass is 32.5. The number of imidazole rings is 2. The molecule has 2 unspecified atom stereocenters. The minimum Gasteiger partial charge on any atom is -0.388 e. The van der Waals surface area contributed by atoms with Crippen molar-refractivity contribution >= 4 is 61.1 Å².